The van der Waals surface area contributed by atoms with Crippen LogP contribution in [0.2, 0.25) is 5.02 Å². The number of ether oxygens (including phenoxy) is 2. The quantitative estimate of drug-likeness (QED) is 0.756. The highest BCUT2D eigenvalue weighted by molar-refractivity contribution is 6.30. The highest BCUT2D eigenvalue weighted by Crippen LogP contribution is 2.33. The third-order valence-corrected chi connectivity index (χ3v) is 6.49. The molecule has 0 radical (unpaired) electrons. The fourth-order valence-corrected chi connectivity index (χ4v) is 4.53. The third-order valence-electron chi connectivity index (χ3n) is 6.24. The van der Waals surface area contributed by atoms with Crippen LogP contribution in [-0.4, -0.2) is 55.7 Å². The largest absolute Gasteiger partial charge is 0.493 e. The summed E-state index contributed by atoms with van der Waals surface area (Å²) in [5.74, 6) is 1.45. The number of urea groups is 1. The van der Waals surface area contributed by atoms with Gasteiger partial charge in [-0.3, -0.25) is 4.90 Å². The van der Waals surface area contributed by atoms with Gasteiger partial charge in [-0.15, -0.1) is 0 Å². The van der Waals surface area contributed by atoms with E-state index in [0.29, 0.717) is 18.8 Å². The molecule has 0 aliphatic carbocycles. The highest BCUT2D eigenvalue weighted by atomic mass is 35.5. The zero-order valence-electron chi connectivity index (χ0n) is 18.2. The molecule has 0 spiro atoms. The van der Waals surface area contributed by atoms with Crippen LogP contribution in [0, 0.1) is 0 Å². The summed E-state index contributed by atoms with van der Waals surface area (Å²) < 4.78 is 10.8. The number of nitrogens with zero attached hydrogens (tertiary/aromatic N) is 2. The van der Waals surface area contributed by atoms with Crippen molar-refractivity contribution in [3.8, 4) is 11.5 Å². The number of halogens is 1. The first-order valence-corrected chi connectivity index (χ1v) is 11.2. The molecule has 0 aromatic heterocycles. The van der Waals surface area contributed by atoms with Crippen molar-refractivity contribution in [3.63, 3.8) is 0 Å². The van der Waals surface area contributed by atoms with Gasteiger partial charge in [0.25, 0.3) is 0 Å². The molecule has 2 amide bonds. The Morgan fingerprint density at radius 2 is 1.68 bits per heavy atom. The Hall–Kier alpha value is -2.44. The summed E-state index contributed by atoms with van der Waals surface area (Å²) >= 11 is 5.97. The molecule has 7 heteroatoms. The lowest BCUT2D eigenvalue weighted by Gasteiger charge is -2.35. The second-order valence-corrected chi connectivity index (χ2v) is 8.71. The van der Waals surface area contributed by atoms with Crippen molar-refractivity contribution in [2.24, 2.45) is 0 Å². The molecule has 0 bridgehead atoms. The molecule has 31 heavy (non-hydrogen) atoms. The van der Waals surface area contributed by atoms with Gasteiger partial charge in [-0.05, 0) is 60.2 Å². The number of hydrogen-bond acceptors (Lipinski definition) is 4. The number of likely N-dealkylation sites (tertiary alicyclic amines) is 1. The standard InChI is InChI=1S/C24H30ClN3O3/c1-30-22-13-18-7-12-28(16-19(18)14-23(22)31-2)24(29)26-21-8-10-27(11-9-21)15-17-3-5-20(25)6-4-17/h3-6,13-14,21H,7-12,15-16H2,1-2H3,(H,26,29). The highest BCUT2D eigenvalue weighted by Gasteiger charge is 2.26. The maximum atomic E-state index is 12.9. The van der Waals surface area contributed by atoms with Gasteiger partial charge >= 0.3 is 6.03 Å². The molecular formula is C24H30ClN3O3. The number of piperidine rings is 1. The number of hydrogen-bond donors (Lipinski definition) is 1. The Labute approximate surface area is 189 Å². The van der Waals surface area contributed by atoms with Crippen LogP contribution in [-0.2, 0) is 19.5 Å². The van der Waals surface area contributed by atoms with Gasteiger partial charge in [0.15, 0.2) is 11.5 Å². The molecule has 2 aliphatic heterocycles. The Morgan fingerprint density at radius 3 is 2.32 bits per heavy atom. The Balaban J connectivity index is 1.28. The monoisotopic (exact) mass is 443 g/mol. The molecule has 1 N–H and O–H groups in total. The van der Waals surface area contributed by atoms with Gasteiger partial charge in [0.2, 0.25) is 0 Å². The molecule has 2 aliphatic rings. The number of benzene rings is 2. The smallest absolute Gasteiger partial charge is 0.317 e. The fourth-order valence-electron chi connectivity index (χ4n) is 4.41. The summed E-state index contributed by atoms with van der Waals surface area (Å²) in [5, 5.41) is 4.02. The van der Waals surface area contributed by atoms with Gasteiger partial charge in [-0.1, -0.05) is 23.7 Å². The zero-order chi connectivity index (χ0) is 21.8. The van der Waals surface area contributed by atoms with Crippen LogP contribution in [0.25, 0.3) is 0 Å². The molecule has 2 heterocycles. The molecule has 4 rings (SSSR count). The summed E-state index contributed by atoms with van der Waals surface area (Å²) in [7, 11) is 3.28. The first-order chi connectivity index (χ1) is 15.1. The average Bonchev–Trinajstić information content (AvgIpc) is 2.80. The Bertz CT molecular complexity index is 911. The average molecular weight is 444 g/mol. The minimum atomic E-state index is 0.0246. The second-order valence-electron chi connectivity index (χ2n) is 8.27. The van der Waals surface area contributed by atoms with Crippen LogP contribution in [0.15, 0.2) is 36.4 Å². The normalized spacial score (nSPS) is 17.2. The minimum Gasteiger partial charge on any atom is -0.493 e. The van der Waals surface area contributed by atoms with Crippen molar-refractivity contribution >= 4 is 17.6 Å². The van der Waals surface area contributed by atoms with E-state index in [1.54, 1.807) is 14.2 Å². The molecule has 0 atom stereocenters. The van der Waals surface area contributed by atoms with E-state index in [1.165, 1.54) is 11.1 Å². The predicted molar refractivity (Wildman–Crippen MR) is 122 cm³/mol. The van der Waals surface area contributed by atoms with Crippen molar-refractivity contribution in [2.45, 2.75) is 38.4 Å². The molecule has 2 aromatic rings. The van der Waals surface area contributed by atoms with E-state index in [9.17, 15) is 4.79 Å². The van der Waals surface area contributed by atoms with Crippen molar-refractivity contribution in [3.05, 3.63) is 58.1 Å². The maximum absolute atomic E-state index is 12.9. The topological polar surface area (TPSA) is 54.0 Å². The van der Waals surface area contributed by atoms with E-state index in [-0.39, 0.29) is 12.1 Å². The number of fused-ring (bicyclic) bond motifs is 1. The van der Waals surface area contributed by atoms with Gasteiger partial charge in [-0.25, -0.2) is 4.79 Å². The minimum absolute atomic E-state index is 0.0246. The van der Waals surface area contributed by atoms with E-state index in [0.717, 1.165) is 55.2 Å². The molecule has 0 saturated carbocycles. The Kier molecular flexibility index (Phi) is 6.88. The number of nitrogens with one attached hydrogen (secondary N) is 1. The fraction of sp³-hybridized carbons (Fsp3) is 0.458. The first kappa shape index (κ1) is 21.8. The summed E-state index contributed by atoms with van der Waals surface area (Å²) in [6, 6.07) is 12.3. The summed E-state index contributed by atoms with van der Waals surface area (Å²) in [6.45, 7) is 4.19. The summed E-state index contributed by atoms with van der Waals surface area (Å²) in [5.41, 5.74) is 3.61. The maximum Gasteiger partial charge on any atom is 0.317 e. The van der Waals surface area contributed by atoms with Crippen LogP contribution in [0.1, 0.15) is 29.5 Å². The van der Waals surface area contributed by atoms with Gasteiger partial charge in [-0.2, -0.15) is 0 Å². The zero-order valence-corrected chi connectivity index (χ0v) is 19.0. The SMILES string of the molecule is COc1cc2c(cc1OC)CN(C(=O)NC1CCN(Cc3ccc(Cl)cc3)CC1)CC2. The number of carbonyl (C=O) groups is 1. The second kappa shape index (κ2) is 9.79. The van der Waals surface area contributed by atoms with E-state index in [1.807, 2.05) is 29.2 Å². The predicted octanol–water partition coefficient (Wildman–Crippen LogP) is 4.09. The molecule has 6 nitrogen and oxygen atoms in total. The summed E-state index contributed by atoms with van der Waals surface area (Å²) in [6.07, 6.45) is 2.76. The number of amides is 2. The Morgan fingerprint density at radius 1 is 1.03 bits per heavy atom. The number of rotatable bonds is 5. The van der Waals surface area contributed by atoms with Crippen LogP contribution >= 0.6 is 11.6 Å². The lowest BCUT2D eigenvalue weighted by molar-refractivity contribution is 0.165. The molecule has 1 saturated heterocycles. The first-order valence-electron chi connectivity index (χ1n) is 10.8. The number of methoxy groups -OCH3 is 2. The van der Waals surface area contributed by atoms with Crippen LogP contribution in [0.3, 0.4) is 0 Å². The van der Waals surface area contributed by atoms with E-state index in [4.69, 9.17) is 21.1 Å². The third kappa shape index (κ3) is 5.25. The van der Waals surface area contributed by atoms with E-state index in [2.05, 4.69) is 22.3 Å². The molecule has 166 valence electrons. The van der Waals surface area contributed by atoms with E-state index >= 15 is 0 Å². The summed E-state index contributed by atoms with van der Waals surface area (Å²) in [4.78, 5) is 17.2. The van der Waals surface area contributed by atoms with Gasteiger partial charge < -0.3 is 19.7 Å². The lowest BCUT2D eigenvalue weighted by atomic mass is 9.99. The lowest BCUT2D eigenvalue weighted by Crippen LogP contribution is -2.50. The molecular weight excluding hydrogens is 414 g/mol. The van der Waals surface area contributed by atoms with Crippen molar-refractivity contribution in [1.29, 1.82) is 0 Å². The van der Waals surface area contributed by atoms with Crippen LogP contribution in [0.4, 0.5) is 4.79 Å². The molecule has 2 aromatic carbocycles. The van der Waals surface area contributed by atoms with Crippen molar-refractivity contribution < 1.29 is 14.3 Å². The van der Waals surface area contributed by atoms with Crippen molar-refractivity contribution in [1.82, 2.24) is 15.1 Å². The molecule has 1 fully saturated rings. The van der Waals surface area contributed by atoms with Gasteiger partial charge in [0, 0.05) is 43.8 Å². The van der Waals surface area contributed by atoms with Crippen LogP contribution in [0.5, 0.6) is 11.5 Å². The van der Waals surface area contributed by atoms with E-state index < -0.39 is 0 Å². The number of carbonyl (C=O) groups excluding carboxylic acids is 1. The van der Waals surface area contributed by atoms with Crippen molar-refractivity contribution in [2.75, 3.05) is 33.9 Å². The van der Waals surface area contributed by atoms with Gasteiger partial charge in [0.1, 0.15) is 0 Å². The molecule has 0 unspecified atom stereocenters. The van der Waals surface area contributed by atoms with Crippen LogP contribution < -0.4 is 14.8 Å². The van der Waals surface area contributed by atoms with Gasteiger partial charge in [0.05, 0.1) is 14.2 Å².